The second-order valence-electron chi connectivity index (χ2n) is 4.18. The maximum absolute atomic E-state index is 5.97. The molecule has 1 N–H and O–H groups in total. The van der Waals surface area contributed by atoms with Crippen molar-refractivity contribution in [3.63, 3.8) is 0 Å². The minimum atomic E-state index is 0.441. The predicted molar refractivity (Wildman–Crippen MR) is 62.3 cm³/mol. The molecule has 84 valence electrons. The van der Waals surface area contributed by atoms with E-state index in [4.69, 9.17) is 23.2 Å². The normalized spacial score (nSPS) is 18.1. The number of aromatic nitrogens is 2. The third-order valence-electron chi connectivity index (χ3n) is 3.03. The summed E-state index contributed by atoms with van der Waals surface area (Å²) in [5.74, 6) is 0.840. The van der Waals surface area contributed by atoms with E-state index in [1.54, 1.807) is 0 Å². The van der Waals surface area contributed by atoms with Crippen LogP contribution in [0.3, 0.4) is 0 Å². The number of nitrogens with zero attached hydrogens (tertiary/aromatic N) is 2. The molecule has 0 spiro atoms. The van der Waals surface area contributed by atoms with Crippen LogP contribution in [-0.2, 0) is 13.6 Å². The molecule has 0 aliphatic heterocycles. The van der Waals surface area contributed by atoms with E-state index in [0.717, 1.165) is 18.2 Å². The van der Waals surface area contributed by atoms with Crippen LogP contribution in [0, 0.1) is 5.92 Å². The largest absolute Gasteiger partial charge is 0.319 e. The van der Waals surface area contributed by atoms with Crippen LogP contribution in [0.15, 0.2) is 0 Å². The lowest BCUT2D eigenvalue weighted by molar-refractivity contribution is 0.487. The zero-order chi connectivity index (χ0) is 11.0. The van der Waals surface area contributed by atoms with Crippen molar-refractivity contribution < 1.29 is 0 Å². The van der Waals surface area contributed by atoms with E-state index in [-0.39, 0.29) is 0 Å². The zero-order valence-corrected chi connectivity index (χ0v) is 10.4. The van der Waals surface area contributed by atoms with Gasteiger partial charge < -0.3 is 9.88 Å². The van der Waals surface area contributed by atoms with Crippen LogP contribution in [0.25, 0.3) is 0 Å². The van der Waals surface area contributed by atoms with Crippen molar-refractivity contribution in [3.8, 4) is 0 Å². The number of hydrogen-bond acceptors (Lipinski definition) is 2. The number of rotatable bonds is 4. The molecule has 1 aliphatic carbocycles. The van der Waals surface area contributed by atoms with Crippen molar-refractivity contribution in [1.82, 2.24) is 14.9 Å². The Morgan fingerprint density at radius 2 is 2.20 bits per heavy atom. The molecule has 1 heterocycles. The van der Waals surface area contributed by atoms with Gasteiger partial charge in [0, 0.05) is 19.6 Å². The van der Waals surface area contributed by atoms with Crippen molar-refractivity contribution in [2.45, 2.75) is 32.4 Å². The summed E-state index contributed by atoms with van der Waals surface area (Å²) in [4.78, 5) is 4.00. The zero-order valence-electron chi connectivity index (χ0n) is 8.93. The van der Waals surface area contributed by atoms with E-state index in [2.05, 4.69) is 17.2 Å². The summed E-state index contributed by atoms with van der Waals surface area (Å²) in [6.45, 7) is 2.94. The van der Waals surface area contributed by atoms with Crippen LogP contribution in [0.2, 0.25) is 10.4 Å². The quantitative estimate of drug-likeness (QED) is 0.887. The first kappa shape index (κ1) is 11.2. The number of nitrogens with one attached hydrogen (secondary N) is 1. The first-order valence-corrected chi connectivity index (χ1v) is 5.95. The van der Waals surface area contributed by atoms with Crippen molar-refractivity contribution >= 4 is 23.2 Å². The first-order chi connectivity index (χ1) is 7.09. The summed E-state index contributed by atoms with van der Waals surface area (Å²) in [5, 5.41) is 4.39. The third-order valence-corrected chi connectivity index (χ3v) is 3.67. The van der Waals surface area contributed by atoms with E-state index in [1.807, 2.05) is 11.6 Å². The molecule has 3 nitrogen and oxygen atoms in total. The smallest absolute Gasteiger partial charge is 0.204 e. The van der Waals surface area contributed by atoms with Crippen LogP contribution in [-0.4, -0.2) is 15.6 Å². The molecule has 5 heteroatoms. The Morgan fingerprint density at radius 1 is 1.53 bits per heavy atom. The van der Waals surface area contributed by atoms with Crippen LogP contribution >= 0.6 is 23.2 Å². The summed E-state index contributed by atoms with van der Waals surface area (Å²) in [6, 6.07) is 0.551. The van der Waals surface area contributed by atoms with Gasteiger partial charge in [0.25, 0.3) is 0 Å². The van der Waals surface area contributed by atoms with E-state index >= 15 is 0 Å². The standard InChI is InChI=1S/C10H15Cl2N3/c1-6(7-3-4-7)13-5-8-9(11)14-10(12)15(8)2/h6-7,13H,3-5H2,1-2H3. The Hall–Kier alpha value is -0.250. The molecule has 1 fully saturated rings. The van der Waals surface area contributed by atoms with Gasteiger partial charge in [-0.25, -0.2) is 4.98 Å². The fraction of sp³-hybridized carbons (Fsp3) is 0.700. The first-order valence-electron chi connectivity index (χ1n) is 5.19. The summed E-state index contributed by atoms with van der Waals surface area (Å²) in [6.07, 6.45) is 2.68. The average molecular weight is 248 g/mol. The highest BCUT2D eigenvalue weighted by atomic mass is 35.5. The molecule has 1 saturated carbocycles. The van der Waals surface area contributed by atoms with Gasteiger partial charge in [0.05, 0.1) is 5.69 Å². The Labute approximate surface area is 99.8 Å². The van der Waals surface area contributed by atoms with Crippen molar-refractivity contribution in [3.05, 3.63) is 16.1 Å². The Morgan fingerprint density at radius 3 is 2.67 bits per heavy atom. The van der Waals surface area contributed by atoms with Gasteiger partial charge in [-0.3, -0.25) is 0 Å². The number of halogens is 2. The van der Waals surface area contributed by atoms with Gasteiger partial charge in [0.1, 0.15) is 0 Å². The van der Waals surface area contributed by atoms with Gasteiger partial charge in [-0.2, -0.15) is 0 Å². The highest BCUT2D eigenvalue weighted by molar-refractivity contribution is 6.32. The lowest BCUT2D eigenvalue weighted by Crippen LogP contribution is -2.28. The Balaban J connectivity index is 1.97. The Kier molecular flexibility index (Phi) is 3.24. The molecule has 0 radical (unpaired) electrons. The molecular weight excluding hydrogens is 233 g/mol. The maximum atomic E-state index is 5.97. The molecule has 1 aromatic rings. The van der Waals surface area contributed by atoms with E-state index < -0.39 is 0 Å². The topological polar surface area (TPSA) is 29.9 Å². The van der Waals surface area contributed by atoms with E-state index in [1.165, 1.54) is 12.8 Å². The van der Waals surface area contributed by atoms with Gasteiger partial charge >= 0.3 is 0 Å². The lowest BCUT2D eigenvalue weighted by Gasteiger charge is -2.12. The second kappa shape index (κ2) is 4.32. The van der Waals surface area contributed by atoms with Gasteiger partial charge in [-0.15, -0.1) is 0 Å². The number of hydrogen-bond donors (Lipinski definition) is 1. The van der Waals surface area contributed by atoms with Crippen LogP contribution in [0.4, 0.5) is 0 Å². The fourth-order valence-corrected chi connectivity index (χ4v) is 2.19. The lowest BCUT2D eigenvalue weighted by atomic mass is 10.2. The molecule has 1 aromatic heterocycles. The molecule has 0 saturated heterocycles. The van der Waals surface area contributed by atoms with Crippen LogP contribution < -0.4 is 5.32 Å². The second-order valence-corrected chi connectivity index (χ2v) is 4.88. The fourth-order valence-electron chi connectivity index (χ4n) is 1.68. The number of imidazole rings is 1. The SMILES string of the molecule is CC(NCc1c(Cl)nc(Cl)n1C)C1CC1. The molecular formula is C10H15Cl2N3. The molecule has 15 heavy (non-hydrogen) atoms. The van der Waals surface area contributed by atoms with Crippen molar-refractivity contribution in [2.24, 2.45) is 13.0 Å². The van der Waals surface area contributed by atoms with Gasteiger partial charge in [-0.1, -0.05) is 11.6 Å². The van der Waals surface area contributed by atoms with Crippen molar-refractivity contribution in [1.29, 1.82) is 0 Å². The molecule has 1 aliphatic rings. The summed E-state index contributed by atoms with van der Waals surface area (Å²) >= 11 is 11.8. The van der Waals surface area contributed by atoms with E-state index in [9.17, 15) is 0 Å². The highest BCUT2D eigenvalue weighted by Crippen LogP contribution is 2.32. The Bertz CT molecular complexity index is 358. The van der Waals surface area contributed by atoms with Gasteiger partial charge in [0.2, 0.25) is 5.28 Å². The molecule has 0 aromatic carbocycles. The van der Waals surface area contributed by atoms with Gasteiger partial charge in [0.15, 0.2) is 5.15 Å². The summed E-state index contributed by atoms with van der Waals surface area (Å²) in [5.41, 5.74) is 0.953. The molecule has 0 bridgehead atoms. The van der Waals surface area contributed by atoms with Crippen LogP contribution in [0.1, 0.15) is 25.5 Å². The van der Waals surface area contributed by atoms with Crippen LogP contribution in [0.5, 0.6) is 0 Å². The monoisotopic (exact) mass is 247 g/mol. The molecule has 0 amide bonds. The maximum Gasteiger partial charge on any atom is 0.204 e. The third kappa shape index (κ3) is 2.47. The predicted octanol–water partition coefficient (Wildman–Crippen LogP) is 2.62. The average Bonchev–Trinajstić information content (AvgIpc) is 2.96. The molecule has 2 rings (SSSR count). The minimum absolute atomic E-state index is 0.441. The van der Waals surface area contributed by atoms with Crippen molar-refractivity contribution in [2.75, 3.05) is 0 Å². The van der Waals surface area contributed by atoms with Gasteiger partial charge in [-0.05, 0) is 37.3 Å². The van der Waals surface area contributed by atoms with E-state index in [0.29, 0.717) is 16.5 Å². The molecule has 1 atom stereocenters. The summed E-state index contributed by atoms with van der Waals surface area (Å²) < 4.78 is 1.82. The summed E-state index contributed by atoms with van der Waals surface area (Å²) in [7, 11) is 1.88. The highest BCUT2D eigenvalue weighted by Gasteiger charge is 2.27. The minimum Gasteiger partial charge on any atom is -0.319 e. The molecule has 1 unspecified atom stereocenters.